The number of unbranched alkanes of at least 4 members (excludes halogenated alkanes) is 1. The van der Waals surface area contributed by atoms with E-state index in [1.54, 1.807) is 0 Å². The molecule has 21 heavy (non-hydrogen) atoms. The van der Waals surface area contributed by atoms with Gasteiger partial charge in [0.2, 0.25) is 0 Å². The Morgan fingerprint density at radius 1 is 0.952 bits per heavy atom. The van der Waals surface area contributed by atoms with Crippen molar-refractivity contribution in [3.8, 4) is 12.3 Å². The second-order valence-electron chi connectivity index (χ2n) is 5.35. The Kier molecular flexibility index (Phi) is 6.06. The van der Waals surface area contributed by atoms with Crippen molar-refractivity contribution in [1.82, 2.24) is 5.32 Å². The molecule has 0 radical (unpaired) electrons. The normalized spacial score (nSPS) is 12.0. The molecule has 0 bridgehead atoms. The average Bonchev–Trinajstić information content (AvgIpc) is 2.54. The van der Waals surface area contributed by atoms with E-state index in [9.17, 15) is 0 Å². The molecule has 1 unspecified atom stereocenters. The Bertz CT molecular complexity index is 514. The molecule has 0 aliphatic rings. The maximum absolute atomic E-state index is 5.31. The molecular weight excluding hydrogens is 254 g/mol. The first-order valence-corrected chi connectivity index (χ1v) is 7.59. The van der Waals surface area contributed by atoms with E-state index in [-0.39, 0.29) is 0 Å². The van der Waals surface area contributed by atoms with Crippen molar-refractivity contribution in [3.63, 3.8) is 0 Å². The number of terminal acetylenes is 1. The molecule has 0 heterocycles. The third-order valence-electron chi connectivity index (χ3n) is 3.78. The first-order chi connectivity index (χ1) is 10.3. The average molecular weight is 277 g/mol. The van der Waals surface area contributed by atoms with E-state index in [0.29, 0.717) is 12.0 Å². The van der Waals surface area contributed by atoms with Gasteiger partial charge in [0, 0.05) is 18.4 Å². The molecule has 0 aliphatic carbocycles. The van der Waals surface area contributed by atoms with Gasteiger partial charge in [-0.3, -0.25) is 0 Å². The highest BCUT2D eigenvalue weighted by molar-refractivity contribution is 5.34. The molecule has 1 heteroatoms. The Hall–Kier alpha value is -2.04. The smallest absolute Gasteiger partial charge is 0.0240 e. The molecule has 0 saturated heterocycles. The monoisotopic (exact) mass is 277 g/mol. The highest BCUT2D eigenvalue weighted by Crippen LogP contribution is 2.27. The van der Waals surface area contributed by atoms with Crippen LogP contribution >= 0.6 is 0 Å². The number of benzene rings is 2. The minimum absolute atomic E-state index is 0.359. The van der Waals surface area contributed by atoms with Gasteiger partial charge in [0.05, 0.1) is 0 Å². The van der Waals surface area contributed by atoms with Gasteiger partial charge in [-0.25, -0.2) is 0 Å². The third-order valence-corrected chi connectivity index (χ3v) is 3.78. The van der Waals surface area contributed by atoms with Crippen LogP contribution in [0, 0.1) is 12.3 Å². The van der Waals surface area contributed by atoms with Gasteiger partial charge in [0.15, 0.2) is 0 Å². The van der Waals surface area contributed by atoms with Crippen molar-refractivity contribution in [2.24, 2.45) is 0 Å². The van der Waals surface area contributed by atoms with E-state index < -0.39 is 0 Å². The van der Waals surface area contributed by atoms with E-state index in [1.807, 2.05) is 0 Å². The fraction of sp³-hybridized carbons (Fsp3) is 0.300. The van der Waals surface area contributed by atoms with Crippen LogP contribution < -0.4 is 5.32 Å². The molecule has 1 N–H and O–H groups in total. The Labute approximate surface area is 128 Å². The Morgan fingerprint density at radius 2 is 1.48 bits per heavy atom. The van der Waals surface area contributed by atoms with Crippen LogP contribution in [0.15, 0.2) is 60.7 Å². The molecule has 0 spiro atoms. The molecule has 0 fully saturated rings. The van der Waals surface area contributed by atoms with Crippen molar-refractivity contribution < 1.29 is 0 Å². The van der Waals surface area contributed by atoms with Crippen molar-refractivity contribution >= 4 is 0 Å². The number of nitrogens with one attached hydrogen (secondary N) is 1. The Balaban J connectivity index is 2.15. The molecule has 0 aromatic heterocycles. The second kappa shape index (κ2) is 8.29. The van der Waals surface area contributed by atoms with Gasteiger partial charge >= 0.3 is 0 Å². The van der Waals surface area contributed by atoms with Crippen LogP contribution in [-0.4, -0.2) is 12.6 Å². The standard InChI is InChI=1S/C20H23N/c1-3-4-11-16-21-17(2)20(18-12-7-5-8-13-18)19-14-9-6-10-15-19/h1,5-10,12-15,17,20-21H,4,11,16H2,2H3. The molecule has 1 nitrogen and oxygen atoms in total. The quantitative estimate of drug-likeness (QED) is 0.590. The summed E-state index contributed by atoms with van der Waals surface area (Å²) in [6.45, 7) is 3.21. The molecule has 1 atom stereocenters. The number of hydrogen-bond donors (Lipinski definition) is 1. The summed E-state index contributed by atoms with van der Waals surface area (Å²) in [5, 5.41) is 3.62. The first-order valence-electron chi connectivity index (χ1n) is 7.59. The molecule has 0 amide bonds. The number of rotatable bonds is 7. The van der Waals surface area contributed by atoms with Gasteiger partial charge in [0.25, 0.3) is 0 Å². The van der Waals surface area contributed by atoms with Crippen molar-refractivity contribution in [2.45, 2.75) is 31.7 Å². The van der Waals surface area contributed by atoms with Gasteiger partial charge in [0.1, 0.15) is 0 Å². The molecule has 2 rings (SSSR count). The SMILES string of the molecule is C#CCCCNC(C)C(c1ccccc1)c1ccccc1. The van der Waals surface area contributed by atoms with E-state index in [0.717, 1.165) is 19.4 Å². The van der Waals surface area contributed by atoms with Gasteiger partial charge < -0.3 is 5.32 Å². The van der Waals surface area contributed by atoms with E-state index >= 15 is 0 Å². The summed E-state index contributed by atoms with van der Waals surface area (Å²) in [6.07, 6.45) is 7.17. The zero-order valence-electron chi connectivity index (χ0n) is 12.6. The molecule has 0 saturated carbocycles. The predicted molar refractivity (Wildman–Crippen MR) is 90.3 cm³/mol. The fourth-order valence-electron chi connectivity index (χ4n) is 2.73. The molecule has 2 aromatic carbocycles. The maximum Gasteiger partial charge on any atom is 0.0240 e. The minimum Gasteiger partial charge on any atom is -0.313 e. The zero-order valence-corrected chi connectivity index (χ0v) is 12.6. The summed E-state index contributed by atoms with van der Waals surface area (Å²) in [5.74, 6) is 3.05. The predicted octanol–water partition coefficient (Wildman–Crippen LogP) is 4.21. The minimum atomic E-state index is 0.359. The molecule has 2 aromatic rings. The van der Waals surface area contributed by atoms with Crippen LogP contribution in [-0.2, 0) is 0 Å². The molecule has 108 valence electrons. The van der Waals surface area contributed by atoms with Crippen LogP contribution in [0.2, 0.25) is 0 Å². The lowest BCUT2D eigenvalue weighted by Crippen LogP contribution is -2.33. The highest BCUT2D eigenvalue weighted by Gasteiger charge is 2.20. The van der Waals surface area contributed by atoms with E-state index in [2.05, 4.69) is 78.8 Å². The van der Waals surface area contributed by atoms with Gasteiger partial charge in [-0.15, -0.1) is 12.3 Å². The highest BCUT2D eigenvalue weighted by atomic mass is 14.9. The third kappa shape index (κ3) is 4.48. The maximum atomic E-state index is 5.31. The van der Waals surface area contributed by atoms with Crippen molar-refractivity contribution in [1.29, 1.82) is 0 Å². The second-order valence-corrected chi connectivity index (χ2v) is 5.35. The summed E-state index contributed by atoms with van der Waals surface area (Å²) in [4.78, 5) is 0. The van der Waals surface area contributed by atoms with Crippen LogP contribution in [0.1, 0.15) is 36.8 Å². The van der Waals surface area contributed by atoms with Gasteiger partial charge in [-0.1, -0.05) is 60.7 Å². The summed E-state index contributed by atoms with van der Waals surface area (Å²) in [5.41, 5.74) is 2.70. The van der Waals surface area contributed by atoms with Crippen LogP contribution in [0.4, 0.5) is 0 Å². The number of hydrogen-bond acceptors (Lipinski definition) is 1. The van der Waals surface area contributed by atoms with Crippen molar-refractivity contribution in [2.75, 3.05) is 6.54 Å². The largest absolute Gasteiger partial charge is 0.313 e. The lowest BCUT2D eigenvalue weighted by atomic mass is 9.86. The summed E-state index contributed by atoms with van der Waals surface area (Å²) >= 11 is 0. The van der Waals surface area contributed by atoms with Crippen LogP contribution in [0.5, 0.6) is 0 Å². The lowest BCUT2D eigenvalue weighted by Gasteiger charge is -2.26. The summed E-state index contributed by atoms with van der Waals surface area (Å²) in [6, 6.07) is 21.8. The fourth-order valence-corrected chi connectivity index (χ4v) is 2.73. The topological polar surface area (TPSA) is 12.0 Å². The van der Waals surface area contributed by atoms with Crippen LogP contribution in [0.25, 0.3) is 0 Å². The molecular formula is C20H23N. The van der Waals surface area contributed by atoms with E-state index in [1.165, 1.54) is 11.1 Å². The lowest BCUT2D eigenvalue weighted by molar-refractivity contribution is 0.494. The van der Waals surface area contributed by atoms with Crippen molar-refractivity contribution in [3.05, 3.63) is 71.8 Å². The molecule has 0 aliphatic heterocycles. The zero-order chi connectivity index (χ0) is 14.9. The van der Waals surface area contributed by atoms with E-state index in [4.69, 9.17) is 6.42 Å². The van der Waals surface area contributed by atoms with Gasteiger partial charge in [-0.2, -0.15) is 0 Å². The van der Waals surface area contributed by atoms with Gasteiger partial charge in [-0.05, 0) is 31.0 Å². The first kappa shape index (κ1) is 15.4. The Morgan fingerprint density at radius 3 is 1.95 bits per heavy atom. The summed E-state index contributed by atoms with van der Waals surface area (Å²) in [7, 11) is 0. The summed E-state index contributed by atoms with van der Waals surface area (Å²) < 4.78 is 0. The van der Waals surface area contributed by atoms with Crippen LogP contribution in [0.3, 0.4) is 0 Å².